The average Bonchev–Trinajstić information content (AvgIpc) is 2.67. The molecule has 1 fully saturated rings. The van der Waals surface area contributed by atoms with E-state index in [1.165, 1.54) is 38.8 Å². The molecule has 2 nitrogen and oxygen atoms in total. The van der Waals surface area contributed by atoms with E-state index >= 15 is 0 Å². The maximum Gasteiger partial charge on any atom is 0.0252 e. The highest BCUT2D eigenvalue weighted by atomic mass is 15.2. The number of hydrogen-bond acceptors (Lipinski definition) is 2. The Morgan fingerprint density at radius 1 is 1.24 bits per heavy atom. The van der Waals surface area contributed by atoms with Crippen LogP contribution >= 0.6 is 0 Å². The van der Waals surface area contributed by atoms with E-state index in [1.54, 1.807) is 0 Å². The van der Waals surface area contributed by atoms with Crippen LogP contribution in [0.2, 0.25) is 0 Å². The van der Waals surface area contributed by atoms with Crippen molar-refractivity contribution in [2.75, 3.05) is 19.6 Å². The molecule has 1 saturated carbocycles. The molecule has 0 aromatic carbocycles. The SMILES string of the molecule is CCNC(C)(C)CN(CC(C)C)C1CCCC1. The molecule has 0 aromatic rings. The van der Waals surface area contributed by atoms with Crippen LogP contribution in [0.25, 0.3) is 0 Å². The van der Waals surface area contributed by atoms with Crippen molar-refractivity contribution in [1.82, 2.24) is 10.2 Å². The van der Waals surface area contributed by atoms with Crippen LogP contribution in [0.1, 0.15) is 60.3 Å². The molecule has 17 heavy (non-hydrogen) atoms. The molecule has 1 aliphatic rings. The van der Waals surface area contributed by atoms with Gasteiger partial charge in [-0.3, -0.25) is 4.90 Å². The first-order valence-electron chi connectivity index (χ1n) is 7.43. The molecule has 2 heteroatoms. The van der Waals surface area contributed by atoms with Gasteiger partial charge in [-0.05, 0) is 39.2 Å². The molecule has 1 N–H and O–H groups in total. The summed E-state index contributed by atoms with van der Waals surface area (Å²) in [5.41, 5.74) is 0.242. The zero-order chi connectivity index (χ0) is 12.9. The predicted molar refractivity (Wildman–Crippen MR) is 76.4 cm³/mol. The highest BCUT2D eigenvalue weighted by Gasteiger charge is 2.28. The van der Waals surface area contributed by atoms with E-state index in [1.807, 2.05) is 0 Å². The Bertz CT molecular complexity index is 205. The minimum atomic E-state index is 0.242. The summed E-state index contributed by atoms with van der Waals surface area (Å²) in [6, 6.07) is 0.843. The van der Waals surface area contributed by atoms with Crippen molar-refractivity contribution in [3.05, 3.63) is 0 Å². The topological polar surface area (TPSA) is 15.3 Å². The van der Waals surface area contributed by atoms with E-state index in [0.717, 1.165) is 18.5 Å². The highest BCUT2D eigenvalue weighted by Crippen LogP contribution is 2.25. The lowest BCUT2D eigenvalue weighted by atomic mass is 10.0. The zero-order valence-electron chi connectivity index (χ0n) is 12.6. The standard InChI is InChI=1S/C15H32N2/c1-6-16-15(4,5)12-17(11-13(2)3)14-9-7-8-10-14/h13-14,16H,6-12H2,1-5H3. The fourth-order valence-electron chi connectivity index (χ4n) is 3.12. The summed E-state index contributed by atoms with van der Waals surface area (Å²) in [5, 5.41) is 3.61. The fraction of sp³-hybridized carbons (Fsp3) is 1.00. The second-order valence-corrected chi connectivity index (χ2v) is 6.68. The molecule has 0 amide bonds. The molecule has 0 unspecified atom stereocenters. The third kappa shape index (κ3) is 5.39. The minimum absolute atomic E-state index is 0.242. The molecule has 0 aromatic heterocycles. The van der Waals surface area contributed by atoms with Crippen LogP contribution in [0.3, 0.4) is 0 Å². The summed E-state index contributed by atoms with van der Waals surface area (Å²) >= 11 is 0. The van der Waals surface area contributed by atoms with Gasteiger partial charge >= 0.3 is 0 Å². The van der Waals surface area contributed by atoms with Gasteiger partial charge in [0.05, 0.1) is 0 Å². The Balaban J connectivity index is 2.55. The van der Waals surface area contributed by atoms with E-state index in [2.05, 4.69) is 44.8 Å². The van der Waals surface area contributed by atoms with Gasteiger partial charge < -0.3 is 5.32 Å². The molecule has 0 heterocycles. The summed E-state index contributed by atoms with van der Waals surface area (Å²) in [4.78, 5) is 2.74. The molecule has 1 rings (SSSR count). The molecular weight excluding hydrogens is 208 g/mol. The molecule has 0 bridgehead atoms. The molecule has 0 spiro atoms. The monoisotopic (exact) mass is 240 g/mol. The lowest BCUT2D eigenvalue weighted by Gasteiger charge is -2.38. The Hall–Kier alpha value is -0.0800. The van der Waals surface area contributed by atoms with Gasteiger partial charge in [-0.2, -0.15) is 0 Å². The Morgan fingerprint density at radius 2 is 1.82 bits per heavy atom. The summed E-state index contributed by atoms with van der Waals surface area (Å²) in [6.07, 6.45) is 5.69. The van der Waals surface area contributed by atoms with Crippen molar-refractivity contribution in [3.63, 3.8) is 0 Å². The summed E-state index contributed by atoms with van der Waals surface area (Å²) < 4.78 is 0. The molecule has 0 aliphatic heterocycles. The average molecular weight is 240 g/mol. The molecule has 0 radical (unpaired) electrons. The molecule has 1 aliphatic carbocycles. The van der Waals surface area contributed by atoms with E-state index in [0.29, 0.717) is 0 Å². The van der Waals surface area contributed by atoms with Crippen LogP contribution in [0.15, 0.2) is 0 Å². The van der Waals surface area contributed by atoms with Crippen LogP contribution in [-0.2, 0) is 0 Å². The lowest BCUT2D eigenvalue weighted by molar-refractivity contribution is 0.134. The van der Waals surface area contributed by atoms with Crippen molar-refractivity contribution in [2.45, 2.75) is 71.9 Å². The summed E-state index contributed by atoms with van der Waals surface area (Å²) in [5.74, 6) is 0.771. The van der Waals surface area contributed by atoms with Crippen molar-refractivity contribution >= 4 is 0 Å². The van der Waals surface area contributed by atoms with E-state index in [9.17, 15) is 0 Å². The third-order valence-corrected chi connectivity index (χ3v) is 3.69. The Morgan fingerprint density at radius 3 is 2.29 bits per heavy atom. The molecule has 102 valence electrons. The smallest absolute Gasteiger partial charge is 0.0252 e. The largest absolute Gasteiger partial charge is 0.311 e. The lowest BCUT2D eigenvalue weighted by Crippen LogP contribution is -2.52. The fourth-order valence-corrected chi connectivity index (χ4v) is 3.12. The Labute approximate surface area is 108 Å². The van der Waals surface area contributed by atoms with Gasteiger partial charge in [-0.1, -0.05) is 33.6 Å². The second kappa shape index (κ2) is 6.75. The van der Waals surface area contributed by atoms with Gasteiger partial charge in [-0.15, -0.1) is 0 Å². The Kier molecular flexibility index (Phi) is 5.94. The van der Waals surface area contributed by atoms with Crippen molar-refractivity contribution in [2.24, 2.45) is 5.92 Å². The number of hydrogen-bond donors (Lipinski definition) is 1. The summed E-state index contributed by atoms with van der Waals surface area (Å²) in [6.45, 7) is 15.0. The number of nitrogens with zero attached hydrogens (tertiary/aromatic N) is 1. The van der Waals surface area contributed by atoms with Gasteiger partial charge in [0, 0.05) is 24.7 Å². The normalized spacial score (nSPS) is 18.5. The van der Waals surface area contributed by atoms with Crippen molar-refractivity contribution in [1.29, 1.82) is 0 Å². The van der Waals surface area contributed by atoms with Gasteiger partial charge in [-0.25, -0.2) is 0 Å². The number of likely N-dealkylation sites (N-methyl/N-ethyl adjacent to an activating group) is 1. The van der Waals surface area contributed by atoms with Crippen LogP contribution in [0.5, 0.6) is 0 Å². The van der Waals surface area contributed by atoms with Crippen LogP contribution in [0.4, 0.5) is 0 Å². The summed E-state index contributed by atoms with van der Waals surface area (Å²) in [7, 11) is 0. The van der Waals surface area contributed by atoms with Gasteiger partial charge in [0.15, 0.2) is 0 Å². The second-order valence-electron chi connectivity index (χ2n) is 6.68. The van der Waals surface area contributed by atoms with Crippen molar-refractivity contribution < 1.29 is 0 Å². The first-order chi connectivity index (χ1) is 7.94. The van der Waals surface area contributed by atoms with E-state index < -0.39 is 0 Å². The maximum absolute atomic E-state index is 3.61. The predicted octanol–water partition coefficient (Wildman–Crippen LogP) is 3.28. The quantitative estimate of drug-likeness (QED) is 0.735. The zero-order valence-corrected chi connectivity index (χ0v) is 12.6. The maximum atomic E-state index is 3.61. The van der Waals surface area contributed by atoms with Gasteiger partial charge in [0.2, 0.25) is 0 Å². The third-order valence-electron chi connectivity index (χ3n) is 3.69. The first-order valence-corrected chi connectivity index (χ1v) is 7.43. The van der Waals surface area contributed by atoms with Crippen molar-refractivity contribution in [3.8, 4) is 0 Å². The van der Waals surface area contributed by atoms with Gasteiger partial charge in [0.1, 0.15) is 0 Å². The van der Waals surface area contributed by atoms with Crippen LogP contribution in [0, 0.1) is 5.92 Å². The van der Waals surface area contributed by atoms with Gasteiger partial charge in [0.25, 0.3) is 0 Å². The minimum Gasteiger partial charge on any atom is -0.311 e. The first kappa shape index (κ1) is 15.0. The molecule has 0 saturated heterocycles. The number of nitrogens with one attached hydrogen (secondary N) is 1. The molecular formula is C15H32N2. The number of rotatable bonds is 7. The molecule has 0 atom stereocenters. The highest BCUT2D eigenvalue weighted by molar-refractivity contribution is 4.86. The van der Waals surface area contributed by atoms with Crippen LogP contribution in [-0.4, -0.2) is 36.1 Å². The van der Waals surface area contributed by atoms with E-state index in [4.69, 9.17) is 0 Å². The van der Waals surface area contributed by atoms with Crippen LogP contribution < -0.4 is 5.32 Å². The van der Waals surface area contributed by atoms with E-state index in [-0.39, 0.29) is 5.54 Å².